The number of benzene rings is 1. The van der Waals surface area contributed by atoms with Crippen LogP contribution in [0.2, 0.25) is 0 Å². The van der Waals surface area contributed by atoms with Gasteiger partial charge in [0.15, 0.2) is 6.10 Å². The molecule has 136 valence electrons. The van der Waals surface area contributed by atoms with Crippen LogP contribution in [0.5, 0.6) is 0 Å². The van der Waals surface area contributed by atoms with Gasteiger partial charge in [0.2, 0.25) is 5.90 Å². The summed E-state index contributed by atoms with van der Waals surface area (Å²) in [5.74, 6) is -0.0991. The van der Waals surface area contributed by atoms with Crippen molar-refractivity contribution >= 4 is 17.8 Å². The van der Waals surface area contributed by atoms with Crippen molar-refractivity contribution in [2.75, 3.05) is 13.2 Å². The van der Waals surface area contributed by atoms with Crippen molar-refractivity contribution < 1.29 is 23.8 Å². The van der Waals surface area contributed by atoms with Gasteiger partial charge >= 0.3 is 11.9 Å². The van der Waals surface area contributed by atoms with Crippen molar-refractivity contribution in [2.45, 2.75) is 46.3 Å². The molecule has 2 rings (SSSR count). The van der Waals surface area contributed by atoms with Gasteiger partial charge in [-0.3, -0.25) is 0 Å². The average Bonchev–Trinajstić information content (AvgIpc) is 3.10. The zero-order chi connectivity index (χ0) is 18.4. The van der Waals surface area contributed by atoms with Crippen molar-refractivity contribution in [3.8, 4) is 0 Å². The number of ether oxygens (including phenoxy) is 3. The molecule has 0 aliphatic carbocycles. The Morgan fingerprint density at radius 2 is 1.92 bits per heavy atom. The molecule has 0 saturated heterocycles. The van der Waals surface area contributed by atoms with E-state index in [4.69, 9.17) is 14.2 Å². The molecule has 6 heteroatoms. The zero-order valence-corrected chi connectivity index (χ0v) is 15.2. The molecule has 0 spiro atoms. The van der Waals surface area contributed by atoms with Crippen LogP contribution in [-0.2, 0) is 19.0 Å². The first-order valence-corrected chi connectivity index (χ1v) is 8.61. The SMILES string of the molecule is CCCOC(=O)[C@H](C)OC(=O)c1ccc(C2=N[C@@H](C(C)C)CO2)cc1. The van der Waals surface area contributed by atoms with Crippen molar-refractivity contribution in [3.63, 3.8) is 0 Å². The minimum atomic E-state index is -0.937. The van der Waals surface area contributed by atoms with Gasteiger partial charge < -0.3 is 14.2 Å². The van der Waals surface area contributed by atoms with E-state index in [1.54, 1.807) is 24.3 Å². The van der Waals surface area contributed by atoms with Crippen LogP contribution in [0.4, 0.5) is 0 Å². The van der Waals surface area contributed by atoms with Crippen LogP contribution in [0.25, 0.3) is 0 Å². The zero-order valence-electron chi connectivity index (χ0n) is 15.2. The lowest BCUT2D eigenvalue weighted by atomic mass is 10.1. The van der Waals surface area contributed by atoms with Crippen LogP contribution in [-0.4, -0.2) is 43.2 Å². The van der Waals surface area contributed by atoms with Crippen LogP contribution in [0.3, 0.4) is 0 Å². The van der Waals surface area contributed by atoms with E-state index in [9.17, 15) is 9.59 Å². The van der Waals surface area contributed by atoms with Crippen LogP contribution in [0.15, 0.2) is 29.3 Å². The first-order chi connectivity index (χ1) is 11.9. The average molecular weight is 347 g/mol. The number of carbonyl (C=O) groups excluding carboxylic acids is 2. The molecule has 1 heterocycles. The Balaban J connectivity index is 1.96. The Labute approximate surface area is 148 Å². The lowest BCUT2D eigenvalue weighted by molar-refractivity contribution is -0.153. The highest BCUT2D eigenvalue weighted by Gasteiger charge is 2.23. The third-order valence-corrected chi connectivity index (χ3v) is 3.88. The van der Waals surface area contributed by atoms with E-state index < -0.39 is 18.0 Å². The van der Waals surface area contributed by atoms with E-state index in [0.29, 0.717) is 30.6 Å². The van der Waals surface area contributed by atoms with Gasteiger partial charge in [-0.1, -0.05) is 20.8 Å². The standard InChI is InChI=1S/C19H25NO5/c1-5-10-23-18(21)13(4)25-19(22)15-8-6-14(7-9-15)17-20-16(11-24-17)12(2)3/h6-9,12-13,16H,5,10-11H2,1-4H3/t13-,16+/m0/s1. The Kier molecular flexibility index (Phi) is 6.56. The largest absolute Gasteiger partial charge is 0.475 e. The maximum Gasteiger partial charge on any atom is 0.347 e. The molecule has 0 unspecified atom stereocenters. The first kappa shape index (κ1) is 19.0. The predicted octanol–water partition coefficient (Wildman–Crippen LogP) is 2.99. The van der Waals surface area contributed by atoms with Gasteiger partial charge in [0.1, 0.15) is 6.61 Å². The lowest BCUT2D eigenvalue weighted by Gasteiger charge is -2.12. The predicted molar refractivity (Wildman–Crippen MR) is 93.7 cm³/mol. The fraction of sp³-hybridized carbons (Fsp3) is 0.526. The molecule has 0 aromatic heterocycles. The highest BCUT2D eigenvalue weighted by Crippen LogP contribution is 2.18. The van der Waals surface area contributed by atoms with Gasteiger partial charge in [-0.25, -0.2) is 14.6 Å². The molecule has 1 aliphatic rings. The maximum absolute atomic E-state index is 12.1. The molecule has 25 heavy (non-hydrogen) atoms. The number of aliphatic imine (C=N–C) groups is 1. The summed E-state index contributed by atoms with van der Waals surface area (Å²) in [5, 5.41) is 0. The van der Waals surface area contributed by atoms with E-state index in [2.05, 4.69) is 18.8 Å². The van der Waals surface area contributed by atoms with Gasteiger partial charge in [0, 0.05) is 5.56 Å². The number of carbonyl (C=O) groups is 2. The van der Waals surface area contributed by atoms with E-state index in [0.717, 1.165) is 12.0 Å². The minimum Gasteiger partial charge on any atom is -0.475 e. The Bertz CT molecular complexity index is 636. The van der Waals surface area contributed by atoms with E-state index in [1.807, 2.05) is 6.92 Å². The molecule has 0 bridgehead atoms. The summed E-state index contributed by atoms with van der Waals surface area (Å²) in [4.78, 5) is 28.3. The van der Waals surface area contributed by atoms with E-state index in [-0.39, 0.29) is 6.04 Å². The van der Waals surface area contributed by atoms with Crippen molar-refractivity contribution in [1.29, 1.82) is 0 Å². The molecule has 1 aromatic carbocycles. The second kappa shape index (κ2) is 8.65. The molecule has 0 N–H and O–H groups in total. The molecule has 6 nitrogen and oxygen atoms in total. The smallest absolute Gasteiger partial charge is 0.347 e. The number of nitrogens with zero attached hydrogens (tertiary/aromatic N) is 1. The Hall–Kier alpha value is -2.37. The summed E-state index contributed by atoms with van der Waals surface area (Å²) in [5.41, 5.74) is 1.17. The molecule has 1 aromatic rings. The number of hydrogen-bond donors (Lipinski definition) is 0. The first-order valence-electron chi connectivity index (χ1n) is 8.61. The molecular weight excluding hydrogens is 322 g/mol. The van der Waals surface area contributed by atoms with Crippen LogP contribution >= 0.6 is 0 Å². The third kappa shape index (κ3) is 5.05. The topological polar surface area (TPSA) is 74.2 Å². The quantitative estimate of drug-likeness (QED) is 0.709. The fourth-order valence-electron chi connectivity index (χ4n) is 2.23. The summed E-state index contributed by atoms with van der Waals surface area (Å²) in [6, 6.07) is 6.96. The van der Waals surface area contributed by atoms with Crippen LogP contribution in [0.1, 0.15) is 50.0 Å². The molecule has 0 amide bonds. The van der Waals surface area contributed by atoms with Gasteiger partial charge in [-0.05, 0) is 43.5 Å². The Morgan fingerprint density at radius 3 is 2.48 bits per heavy atom. The monoisotopic (exact) mass is 347 g/mol. The maximum atomic E-state index is 12.1. The number of hydrogen-bond acceptors (Lipinski definition) is 6. The van der Waals surface area contributed by atoms with E-state index >= 15 is 0 Å². The minimum absolute atomic E-state index is 0.162. The van der Waals surface area contributed by atoms with Crippen molar-refractivity contribution in [1.82, 2.24) is 0 Å². The summed E-state index contributed by atoms with van der Waals surface area (Å²) in [6.45, 7) is 8.49. The molecule has 0 radical (unpaired) electrons. The van der Waals surface area contributed by atoms with Gasteiger partial charge in [-0.2, -0.15) is 0 Å². The van der Waals surface area contributed by atoms with Crippen molar-refractivity contribution in [2.24, 2.45) is 10.9 Å². The normalized spacial score (nSPS) is 17.6. The summed E-state index contributed by atoms with van der Waals surface area (Å²) >= 11 is 0. The van der Waals surface area contributed by atoms with Crippen LogP contribution < -0.4 is 0 Å². The summed E-state index contributed by atoms with van der Waals surface area (Å²) < 4.78 is 15.7. The molecular formula is C19H25NO5. The fourth-order valence-corrected chi connectivity index (χ4v) is 2.23. The second-order valence-corrected chi connectivity index (χ2v) is 6.35. The molecule has 0 saturated carbocycles. The van der Waals surface area contributed by atoms with Crippen molar-refractivity contribution in [3.05, 3.63) is 35.4 Å². The summed E-state index contributed by atoms with van der Waals surface area (Å²) in [6.07, 6.45) is -0.217. The Morgan fingerprint density at radius 1 is 1.24 bits per heavy atom. The summed E-state index contributed by atoms with van der Waals surface area (Å²) in [7, 11) is 0. The number of esters is 2. The lowest BCUT2D eigenvalue weighted by Crippen LogP contribution is -2.26. The molecule has 1 aliphatic heterocycles. The highest BCUT2D eigenvalue weighted by atomic mass is 16.6. The van der Waals surface area contributed by atoms with Gasteiger partial charge in [0.05, 0.1) is 18.2 Å². The molecule has 2 atom stereocenters. The van der Waals surface area contributed by atoms with Gasteiger partial charge in [-0.15, -0.1) is 0 Å². The second-order valence-electron chi connectivity index (χ2n) is 6.35. The third-order valence-electron chi connectivity index (χ3n) is 3.88. The number of rotatable bonds is 7. The highest BCUT2D eigenvalue weighted by molar-refractivity contribution is 5.97. The van der Waals surface area contributed by atoms with Crippen LogP contribution in [0, 0.1) is 5.92 Å². The van der Waals surface area contributed by atoms with E-state index in [1.165, 1.54) is 6.92 Å². The molecule has 0 fully saturated rings. The van der Waals surface area contributed by atoms with Gasteiger partial charge in [0.25, 0.3) is 0 Å².